The number of nitrogens with one attached hydrogen (secondary N) is 1. The van der Waals surface area contributed by atoms with Gasteiger partial charge in [-0.1, -0.05) is 0 Å². The van der Waals surface area contributed by atoms with E-state index < -0.39 is 17.3 Å². The third-order valence-corrected chi connectivity index (χ3v) is 3.42. The van der Waals surface area contributed by atoms with Crippen molar-refractivity contribution in [2.75, 3.05) is 39.9 Å². The summed E-state index contributed by atoms with van der Waals surface area (Å²) in [6.45, 7) is 9.06. The highest BCUT2D eigenvalue weighted by Gasteiger charge is 2.30. The molecule has 2 N–H and O–H groups in total. The Balaban J connectivity index is 2.42. The van der Waals surface area contributed by atoms with E-state index in [0.29, 0.717) is 26.2 Å². The number of aliphatic hydroxyl groups is 1. The topological polar surface area (TPSA) is 97.3 Å². The molecule has 1 saturated heterocycles. The van der Waals surface area contributed by atoms with Crippen molar-refractivity contribution in [2.24, 2.45) is 0 Å². The van der Waals surface area contributed by atoms with Crippen LogP contribution in [-0.2, 0) is 19.0 Å². The molecule has 0 aliphatic carbocycles. The van der Waals surface area contributed by atoms with E-state index in [-0.39, 0.29) is 25.0 Å². The lowest BCUT2D eigenvalue weighted by molar-refractivity contribution is -0.146. The highest BCUT2D eigenvalue weighted by molar-refractivity contribution is 5.69. The van der Waals surface area contributed by atoms with Gasteiger partial charge in [0.05, 0.1) is 38.4 Å². The number of carbonyl (C=O) groups excluding carboxylic acids is 2. The van der Waals surface area contributed by atoms with Gasteiger partial charge >= 0.3 is 12.1 Å². The third-order valence-electron chi connectivity index (χ3n) is 3.42. The molecule has 0 aromatic heterocycles. The number of β-amino-alcohol motifs (C(OH)–C–C–N with tert-alkyl or cyclic N) is 1. The van der Waals surface area contributed by atoms with Crippen molar-refractivity contribution in [1.29, 1.82) is 0 Å². The van der Waals surface area contributed by atoms with Crippen LogP contribution in [0.2, 0.25) is 0 Å². The van der Waals surface area contributed by atoms with Crippen molar-refractivity contribution in [1.82, 2.24) is 10.2 Å². The van der Waals surface area contributed by atoms with Crippen molar-refractivity contribution in [3.8, 4) is 0 Å². The molecule has 0 saturated carbocycles. The minimum Gasteiger partial charge on any atom is -0.469 e. The number of hydrogen-bond donors (Lipinski definition) is 2. The Hall–Kier alpha value is -1.38. The molecule has 140 valence electrons. The normalized spacial score (nSPS) is 21.7. The molecule has 0 spiro atoms. The summed E-state index contributed by atoms with van der Waals surface area (Å²) in [5.41, 5.74) is -1.70. The van der Waals surface area contributed by atoms with Gasteiger partial charge in [-0.15, -0.1) is 0 Å². The fraction of sp³-hybridized carbons (Fsp3) is 0.875. The van der Waals surface area contributed by atoms with E-state index in [4.69, 9.17) is 9.47 Å². The van der Waals surface area contributed by atoms with Crippen LogP contribution in [0.15, 0.2) is 0 Å². The molecule has 0 aromatic carbocycles. The van der Waals surface area contributed by atoms with Crippen LogP contribution >= 0.6 is 0 Å². The highest BCUT2D eigenvalue weighted by atomic mass is 16.6. The number of carbonyl (C=O) groups is 2. The van der Waals surface area contributed by atoms with Crippen molar-refractivity contribution in [3.63, 3.8) is 0 Å². The molecule has 1 rings (SSSR count). The number of rotatable bonds is 6. The number of hydrogen-bond acceptors (Lipinski definition) is 7. The quantitative estimate of drug-likeness (QED) is 0.677. The van der Waals surface area contributed by atoms with Gasteiger partial charge in [0.1, 0.15) is 5.60 Å². The number of alkyl carbamates (subject to hydrolysis) is 1. The lowest BCUT2D eigenvalue weighted by atomic mass is 10.1. The van der Waals surface area contributed by atoms with E-state index in [1.165, 1.54) is 7.11 Å². The number of ether oxygens (including phenoxy) is 3. The Morgan fingerprint density at radius 2 is 2.00 bits per heavy atom. The number of nitrogens with zero attached hydrogens (tertiary/aromatic N) is 1. The van der Waals surface area contributed by atoms with Gasteiger partial charge < -0.3 is 24.6 Å². The number of esters is 1. The molecule has 1 aliphatic heterocycles. The average Bonchev–Trinajstić information content (AvgIpc) is 2.43. The molecule has 0 unspecified atom stereocenters. The second-order valence-corrected chi connectivity index (χ2v) is 7.36. The smallest absolute Gasteiger partial charge is 0.407 e. The second kappa shape index (κ2) is 8.64. The van der Waals surface area contributed by atoms with Crippen molar-refractivity contribution < 1.29 is 28.9 Å². The Bertz CT molecular complexity index is 433. The van der Waals surface area contributed by atoms with Crippen LogP contribution in [0.25, 0.3) is 0 Å². The summed E-state index contributed by atoms with van der Waals surface area (Å²) < 4.78 is 15.3. The predicted molar refractivity (Wildman–Crippen MR) is 87.7 cm³/mol. The fourth-order valence-electron chi connectivity index (χ4n) is 2.43. The monoisotopic (exact) mass is 346 g/mol. The molecular weight excluding hydrogens is 316 g/mol. The highest BCUT2D eigenvalue weighted by Crippen LogP contribution is 2.14. The van der Waals surface area contributed by atoms with Gasteiger partial charge in [0.25, 0.3) is 0 Å². The summed E-state index contributed by atoms with van der Waals surface area (Å²) in [6, 6.07) is 0. The lowest BCUT2D eigenvalue weighted by Crippen LogP contribution is -2.53. The first-order valence-corrected chi connectivity index (χ1v) is 8.11. The summed E-state index contributed by atoms with van der Waals surface area (Å²) in [6.07, 6.45) is -0.625. The SMILES string of the molecule is COC(=O)C[C@@H]1CN(C[C@@](C)(O)CNC(=O)OC(C)(C)C)CCO1. The lowest BCUT2D eigenvalue weighted by Gasteiger charge is -2.37. The average molecular weight is 346 g/mol. The summed E-state index contributed by atoms with van der Waals surface area (Å²) in [5, 5.41) is 13.1. The molecule has 8 heteroatoms. The van der Waals surface area contributed by atoms with Crippen molar-refractivity contribution >= 4 is 12.1 Å². The van der Waals surface area contributed by atoms with Gasteiger partial charge in [-0.05, 0) is 27.7 Å². The molecule has 24 heavy (non-hydrogen) atoms. The van der Waals surface area contributed by atoms with Crippen LogP contribution in [0.3, 0.4) is 0 Å². The first kappa shape index (κ1) is 20.7. The zero-order chi connectivity index (χ0) is 18.4. The molecular formula is C16H30N2O6. The molecule has 1 heterocycles. The van der Waals surface area contributed by atoms with Crippen LogP contribution in [-0.4, -0.2) is 79.3 Å². The van der Waals surface area contributed by atoms with E-state index in [1.807, 2.05) is 4.90 Å². The third kappa shape index (κ3) is 8.47. The van der Waals surface area contributed by atoms with Crippen molar-refractivity contribution in [3.05, 3.63) is 0 Å². The first-order chi connectivity index (χ1) is 11.0. The number of amides is 1. The van der Waals surface area contributed by atoms with Crippen molar-refractivity contribution in [2.45, 2.75) is 51.4 Å². The Kier molecular flexibility index (Phi) is 7.44. The Morgan fingerprint density at radius 1 is 1.33 bits per heavy atom. The summed E-state index contributed by atoms with van der Waals surface area (Å²) in [4.78, 5) is 25.0. The number of methoxy groups -OCH3 is 1. The summed E-state index contributed by atoms with van der Waals surface area (Å²) in [7, 11) is 1.34. The molecule has 1 aliphatic rings. The molecule has 0 radical (unpaired) electrons. The second-order valence-electron chi connectivity index (χ2n) is 7.36. The van der Waals surface area contributed by atoms with Gasteiger partial charge in [-0.3, -0.25) is 9.69 Å². The van der Waals surface area contributed by atoms with Crippen LogP contribution in [0, 0.1) is 0 Å². The van der Waals surface area contributed by atoms with Crippen LogP contribution in [0.5, 0.6) is 0 Å². The summed E-state index contributed by atoms with van der Waals surface area (Å²) in [5.74, 6) is -0.319. The minimum atomic E-state index is -1.12. The maximum atomic E-state index is 11.7. The van der Waals surface area contributed by atoms with Gasteiger partial charge in [-0.2, -0.15) is 0 Å². The van der Waals surface area contributed by atoms with E-state index in [2.05, 4.69) is 10.1 Å². The number of morpholine rings is 1. The molecule has 8 nitrogen and oxygen atoms in total. The largest absolute Gasteiger partial charge is 0.469 e. The molecule has 1 fully saturated rings. The standard InChI is InChI=1S/C16H30N2O6/c1-15(2,3)24-14(20)17-10-16(4,21)11-18-6-7-23-12(9-18)8-13(19)22-5/h12,21H,6-11H2,1-5H3,(H,17,20)/t12-,16+/m1/s1. The first-order valence-electron chi connectivity index (χ1n) is 8.11. The van der Waals surface area contributed by atoms with Crippen LogP contribution in [0.1, 0.15) is 34.1 Å². The van der Waals surface area contributed by atoms with Crippen LogP contribution in [0.4, 0.5) is 4.79 Å². The van der Waals surface area contributed by atoms with E-state index >= 15 is 0 Å². The van der Waals surface area contributed by atoms with Gasteiger partial charge in [0, 0.05) is 19.6 Å². The zero-order valence-electron chi connectivity index (χ0n) is 15.3. The van der Waals surface area contributed by atoms with Gasteiger partial charge in [-0.25, -0.2) is 4.79 Å². The molecule has 1 amide bonds. The van der Waals surface area contributed by atoms with Crippen LogP contribution < -0.4 is 5.32 Å². The van der Waals surface area contributed by atoms with E-state index in [9.17, 15) is 14.7 Å². The molecule has 0 aromatic rings. The summed E-state index contributed by atoms with van der Waals surface area (Å²) >= 11 is 0. The van der Waals surface area contributed by atoms with Gasteiger partial charge in [0.2, 0.25) is 0 Å². The Labute approximate surface area is 143 Å². The minimum absolute atomic E-state index is 0.0704. The fourth-order valence-corrected chi connectivity index (χ4v) is 2.43. The van der Waals surface area contributed by atoms with E-state index in [0.717, 1.165) is 0 Å². The zero-order valence-corrected chi connectivity index (χ0v) is 15.3. The molecule has 0 bridgehead atoms. The predicted octanol–water partition coefficient (Wildman–Crippen LogP) is 0.526. The Morgan fingerprint density at radius 3 is 2.58 bits per heavy atom. The maximum Gasteiger partial charge on any atom is 0.407 e. The van der Waals surface area contributed by atoms with E-state index in [1.54, 1.807) is 27.7 Å². The van der Waals surface area contributed by atoms with Gasteiger partial charge in [0.15, 0.2) is 0 Å². The molecule has 2 atom stereocenters. The maximum absolute atomic E-state index is 11.7.